The molecule has 204 valence electrons. The minimum Gasteiger partial charge on any atom is -0.452 e. The van der Waals surface area contributed by atoms with Gasteiger partial charge in [0, 0.05) is 52.7 Å². The summed E-state index contributed by atoms with van der Waals surface area (Å²) in [5.41, 5.74) is 5.69. The van der Waals surface area contributed by atoms with Crippen LogP contribution in [0.25, 0.3) is 97.5 Å². The molecule has 6 aromatic carbocycles. The van der Waals surface area contributed by atoms with Gasteiger partial charge in [0.05, 0.1) is 5.52 Å². The molecule has 0 amide bonds. The summed E-state index contributed by atoms with van der Waals surface area (Å²) in [5.74, 6) is 0.586. The third-order valence-electron chi connectivity index (χ3n) is 8.66. The third-order valence-corrected chi connectivity index (χ3v) is 9.86. The number of rotatable bonds is 2. The maximum absolute atomic E-state index is 6.41. The van der Waals surface area contributed by atoms with Gasteiger partial charge >= 0.3 is 0 Å². The number of furan rings is 1. The third kappa shape index (κ3) is 3.24. The van der Waals surface area contributed by atoms with E-state index in [9.17, 15) is 0 Å². The Balaban J connectivity index is 1.46. The van der Waals surface area contributed by atoms with Gasteiger partial charge in [0.25, 0.3) is 0 Å². The van der Waals surface area contributed by atoms with E-state index < -0.39 is 0 Å². The lowest BCUT2D eigenvalue weighted by Crippen LogP contribution is -1.98. The minimum atomic E-state index is 0.586. The smallest absolute Gasteiger partial charge is 0.180 e. The summed E-state index contributed by atoms with van der Waals surface area (Å²) in [6, 6.07) is 44.1. The van der Waals surface area contributed by atoms with Gasteiger partial charge in [-0.3, -0.25) is 0 Å². The van der Waals surface area contributed by atoms with E-state index in [4.69, 9.17) is 19.4 Å². The first-order chi connectivity index (χ1) is 21.8. The summed E-state index contributed by atoms with van der Waals surface area (Å²) in [4.78, 5) is 15.9. The molecule has 0 atom stereocenters. The molecule has 0 radical (unpaired) electrons. The molecular formula is C39H21N3OS. The van der Waals surface area contributed by atoms with Crippen molar-refractivity contribution < 1.29 is 4.42 Å². The average molecular weight is 580 g/mol. The van der Waals surface area contributed by atoms with Crippen LogP contribution in [0.5, 0.6) is 0 Å². The molecule has 4 nitrogen and oxygen atoms in total. The molecule has 0 bridgehead atoms. The molecule has 0 fully saturated rings. The van der Waals surface area contributed by atoms with Crippen molar-refractivity contribution in [2.45, 2.75) is 0 Å². The Morgan fingerprint density at radius 2 is 1.16 bits per heavy atom. The van der Waals surface area contributed by atoms with Crippen LogP contribution >= 0.6 is 11.3 Å². The van der Waals surface area contributed by atoms with Crippen molar-refractivity contribution in [3.8, 4) is 22.8 Å². The number of nitrogens with zero attached hydrogens (tertiary/aromatic N) is 3. The summed E-state index contributed by atoms with van der Waals surface area (Å²) in [5, 5.41) is 9.24. The SMILES string of the molecule is c1ccc(-c2nc(-c3nc4ccccc4c4c3c3ccccc3c3sc5ccccc5c34)nc3c2oc2ccccc23)cc1. The van der Waals surface area contributed by atoms with Crippen molar-refractivity contribution in [1.82, 2.24) is 15.0 Å². The lowest BCUT2D eigenvalue weighted by molar-refractivity contribution is 0.667. The Morgan fingerprint density at radius 1 is 0.477 bits per heavy atom. The van der Waals surface area contributed by atoms with Crippen LogP contribution in [0.4, 0.5) is 0 Å². The second kappa shape index (κ2) is 8.93. The second-order valence-corrected chi connectivity index (χ2v) is 12.2. The lowest BCUT2D eigenvalue weighted by atomic mass is 9.93. The van der Waals surface area contributed by atoms with Crippen LogP contribution in [0.3, 0.4) is 0 Å². The first-order valence-electron chi connectivity index (χ1n) is 14.6. The number of hydrogen-bond donors (Lipinski definition) is 0. The molecule has 4 aromatic heterocycles. The molecule has 0 unspecified atom stereocenters. The molecule has 0 aliphatic heterocycles. The predicted molar refractivity (Wildman–Crippen MR) is 183 cm³/mol. The topological polar surface area (TPSA) is 51.8 Å². The van der Waals surface area contributed by atoms with Crippen LogP contribution in [0.15, 0.2) is 132 Å². The van der Waals surface area contributed by atoms with E-state index in [1.54, 1.807) is 0 Å². The van der Waals surface area contributed by atoms with E-state index in [-0.39, 0.29) is 0 Å². The van der Waals surface area contributed by atoms with E-state index in [0.717, 1.165) is 55.1 Å². The van der Waals surface area contributed by atoms with Crippen molar-refractivity contribution in [2.75, 3.05) is 0 Å². The number of para-hydroxylation sites is 2. The normalized spacial score (nSPS) is 12.1. The Bertz CT molecular complexity index is 2780. The number of thiophene rings is 1. The van der Waals surface area contributed by atoms with Crippen molar-refractivity contribution in [3.63, 3.8) is 0 Å². The molecule has 10 rings (SSSR count). The zero-order valence-electron chi connectivity index (χ0n) is 23.3. The number of pyridine rings is 1. The molecule has 0 aliphatic carbocycles. The van der Waals surface area contributed by atoms with Crippen molar-refractivity contribution in [2.24, 2.45) is 0 Å². The Labute approximate surface area is 254 Å². The Morgan fingerprint density at radius 3 is 2.02 bits per heavy atom. The molecule has 10 aromatic rings. The van der Waals surface area contributed by atoms with Crippen molar-refractivity contribution in [3.05, 3.63) is 127 Å². The van der Waals surface area contributed by atoms with E-state index in [2.05, 4.69) is 91.0 Å². The second-order valence-electron chi connectivity index (χ2n) is 11.1. The Hall–Kier alpha value is -5.65. The quantitative estimate of drug-likeness (QED) is 0.191. The largest absolute Gasteiger partial charge is 0.452 e. The van der Waals surface area contributed by atoms with Crippen LogP contribution in [-0.4, -0.2) is 15.0 Å². The fraction of sp³-hybridized carbons (Fsp3) is 0. The number of benzene rings is 6. The molecule has 44 heavy (non-hydrogen) atoms. The van der Waals surface area contributed by atoms with Crippen molar-refractivity contribution in [1.29, 1.82) is 0 Å². The predicted octanol–water partition coefficient (Wildman–Crippen LogP) is 10.9. The van der Waals surface area contributed by atoms with Gasteiger partial charge in [0.1, 0.15) is 22.5 Å². The first kappa shape index (κ1) is 23.9. The summed E-state index contributed by atoms with van der Waals surface area (Å²) < 4.78 is 8.97. The number of hydrogen-bond acceptors (Lipinski definition) is 5. The molecule has 0 saturated carbocycles. The maximum Gasteiger partial charge on any atom is 0.180 e. The highest BCUT2D eigenvalue weighted by Crippen LogP contribution is 2.48. The summed E-state index contributed by atoms with van der Waals surface area (Å²) >= 11 is 1.86. The average Bonchev–Trinajstić information content (AvgIpc) is 3.67. The fourth-order valence-electron chi connectivity index (χ4n) is 6.77. The van der Waals surface area contributed by atoms with Gasteiger partial charge in [0.2, 0.25) is 0 Å². The van der Waals surface area contributed by atoms with Gasteiger partial charge in [-0.2, -0.15) is 0 Å². The number of aromatic nitrogens is 3. The minimum absolute atomic E-state index is 0.586. The highest BCUT2D eigenvalue weighted by Gasteiger charge is 2.24. The standard InChI is InChI=1S/C39H21N3OS/c1-2-12-22(13-3-1)34-37-35(26-17-7-10-20-29(26)43-37)42-39(41-34)36-32-23-14-4-5-15-24(23)38-33(27-18-8-11-21-30(27)44-38)31(32)25-16-6-9-19-28(25)40-36/h1-21H. The van der Waals surface area contributed by atoms with Gasteiger partial charge in [-0.25, -0.2) is 15.0 Å². The van der Waals surface area contributed by atoms with E-state index in [1.807, 2.05) is 47.7 Å². The highest BCUT2D eigenvalue weighted by atomic mass is 32.1. The van der Waals surface area contributed by atoms with Crippen LogP contribution in [0, 0.1) is 0 Å². The zero-order valence-corrected chi connectivity index (χ0v) is 24.1. The molecule has 4 heterocycles. The van der Waals surface area contributed by atoms with Gasteiger partial charge in [-0.15, -0.1) is 11.3 Å². The molecular weight excluding hydrogens is 559 g/mol. The van der Waals surface area contributed by atoms with Crippen LogP contribution in [0.2, 0.25) is 0 Å². The summed E-state index contributed by atoms with van der Waals surface area (Å²) in [7, 11) is 0. The van der Waals surface area contributed by atoms with Gasteiger partial charge in [0.15, 0.2) is 11.4 Å². The molecule has 0 N–H and O–H groups in total. The summed E-state index contributed by atoms with van der Waals surface area (Å²) in [6.07, 6.45) is 0. The Kier molecular flexibility index (Phi) is 4.84. The molecule has 0 saturated heterocycles. The van der Waals surface area contributed by atoms with E-state index >= 15 is 0 Å². The molecule has 5 heteroatoms. The van der Waals surface area contributed by atoms with E-state index in [1.165, 1.54) is 30.9 Å². The van der Waals surface area contributed by atoms with Crippen molar-refractivity contribution >= 4 is 86.0 Å². The van der Waals surface area contributed by atoms with Gasteiger partial charge in [-0.05, 0) is 29.7 Å². The fourth-order valence-corrected chi connectivity index (χ4v) is 8.02. The van der Waals surface area contributed by atoms with Crippen LogP contribution in [-0.2, 0) is 0 Å². The van der Waals surface area contributed by atoms with Crippen LogP contribution < -0.4 is 0 Å². The molecule has 0 aliphatic rings. The lowest BCUT2D eigenvalue weighted by Gasteiger charge is -2.14. The maximum atomic E-state index is 6.41. The monoisotopic (exact) mass is 579 g/mol. The van der Waals surface area contributed by atoms with Crippen LogP contribution in [0.1, 0.15) is 0 Å². The first-order valence-corrected chi connectivity index (χ1v) is 15.4. The van der Waals surface area contributed by atoms with Gasteiger partial charge in [-0.1, -0.05) is 103 Å². The molecule has 0 spiro atoms. The van der Waals surface area contributed by atoms with Gasteiger partial charge < -0.3 is 4.42 Å². The zero-order chi connectivity index (χ0) is 28.8. The number of fused-ring (bicyclic) bond motifs is 13. The van der Waals surface area contributed by atoms with E-state index in [0.29, 0.717) is 11.4 Å². The highest BCUT2D eigenvalue weighted by molar-refractivity contribution is 7.27. The summed E-state index contributed by atoms with van der Waals surface area (Å²) in [6.45, 7) is 0.